The van der Waals surface area contributed by atoms with Crippen LogP contribution in [0.3, 0.4) is 0 Å². The van der Waals surface area contributed by atoms with E-state index in [0.717, 1.165) is 0 Å². The average Bonchev–Trinajstić information content (AvgIpc) is 2.48. The predicted molar refractivity (Wildman–Crippen MR) is 48.6 cm³/mol. The first-order chi connectivity index (χ1) is 5.36. The van der Waals surface area contributed by atoms with Crippen molar-refractivity contribution in [1.82, 2.24) is 9.80 Å². The van der Waals surface area contributed by atoms with E-state index in [0.29, 0.717) is 0 Å². The standard InChI is InChI=1S/C9H20N2/c1-3-5-6-11-8-7-10(4-2)9-11/h3-9H2,1-2H3. The van der Waals surface area contributed by atoms with Crippen LogP contribution in [-0.4, -0.2) is 42.6 Å². The second kappa shape index (κ2) is 4.73. The van der Waals surface area contributed by atoms with E-state index in [1.165, 1.54) is 45.7 Å². The molecule has 2 heteroatoms. The third kappa shape index (κ3) is 2.80. The third-order valence-electron chi connectivity index (χ3n) is 2.41. The van der Waals surface area contributed by atoms with Crippen molar-refractivity contribution in [2.45, 2.75) is 26.7 Å². The Bertz CT molecular complexity index is 104. The molecule has 0 radical (unpaired) electrons. The summed E-state index contributed by atoms with van der Waals surface area (Å²) in [6, 6.07) is 0. The summed E-state index contributed by atoms with van der Waals surface area (Å²) in [6.45, 7) is 10.8. The summed E-state index contributed by atoms with van der Waals surface area (Å²) >= 11 is 0. The molecule has 0 spiro atoms. The van der Waals surface area contributed by atoms with Gasteiger partial charge in [0.05, 0.1) is 6.67 Å². The van der Waals surface area contributed by atoms with Gasteiger partial charge in [-0.15, -0.1) is 0 Å². The Balaban J connectivity index is 2.09. The maximum atomic E-state index is 2.55. The lowest BCUT2D eigenvalue weighted by Crippen LogP contribution is -2.25. The molecule has 0 aromatic rings. The van der Waals surface area contributed by atoms with Gasteiger partial charge >= 0.3 is 0 Å². The Morgan fingerprint density at radius 1 is 1.09 bits per heavy atom. The summed E-state index contributed by atoms with van der Waals surface area (Å²) in [5.74, 6) is 0. The maximum absolute atomic E-state index is 2.55. The van der Waals surface area contributed by atoms with Crippen LogP contribution < -0.4 is 0 Å². The van der Waals surface area contributed by atoms with Gasteiger partial charge in [0.1, 0.15) is 0 Å². The second-order valence-electron chi connectivity index (χ2n) is 3.32. The molecule has 66 valence electrons. The zero-order chi connectivity index (χ0) is 8.10. The molecule has 0 aromatic heterocycles. The van der Waals surface area contributed by atoms with E-state index in [1.807, 2.05) is 0 Å². The summed E-state index contributed by atoms with van der Waals surface area (Å²) in [7, 11) is 0. The molecule has 0 N–H and O–H groups in total. The number of hydrogen-bond acceptors (Lipinski definition) is 2. The van der Waals surface area contributed by atoms with Crippen molar-refractivity contribution >= 4 is 0 Å². The Labute approximate surface area is 70.2 Å². The summed E-state index contributed by atoms with van der Waals surface area (Å²) in [5.41, 5.74) is 0. The van der Waals surface area contributed by atoms with Crippen molar-refractivity contribution in [3.8, 4) is 0 Å². The van der Waals surface area contributed by atoms with Gasteiger partial charge in [-0.25, -0.2) is 0 Å². The number of nitrogens with zero attached hydrogens (tertiary/aromatic N) is 2. The van der Waals surface area contributed by atoms with Gasteiger partial charge in [-0.05, 0) is 19.5 Å². The van der Waals surface area contributed by atoms with Crippen LogP contribution >= 0.6 is 0 Å². The number of likely N-dealkylation sites (N-methyl/N-ethyl adjacent to an activating group) is 1. The van der Waals surface area contributed by atoms with E-state index in [2.05, 4.69) is 23.6 Å². The van der Waals surface area contributed by atoms with Gasteiger partial charge in [0.2, 0.25) is 0 Å². The van der Waals surface area contributed by atoms with Crippen LogP contribution in [0.1, 0.15) is 26.7 Å². The Morgan fingerprint density at radius 3 is 2.36 bits per heavy atom. The van der Waals surface area contributed by atoms with E-state index < -0.39 is 0 Å². The van der Waals surface area contributed by atoms with Crippen molar-refractivity contribution in [1.29, 1.82) is 0 Å². The molecule has 0 atom stereocenters. The smallest absolute Gasteiger partial charge is 0.0507 e. The minimum Gasteiger partial charge on any atom is -0.289 e. The minimum absolute atomic E-state index is 1.20. The lowest BCUT2D eigenvalue weighted by atomic mass is 10.3. The Kier molecular flexibility index (Phi) is 3.87. The maximum Gasteiger partial charge on any atom is 0.0507 e. The third-order valence-corrected chi connectivity index (χ3v) is 2.41. The van der Waals surface area contributed by atoms with Gasteiger partial charge in [-0.1, -0.05) is 20.3 Å². The molecule has 0 aliphatic carbocycles. The van der Waals surface area contributed by atoms with Gasteiger partial charge in [-0.3, -0.25) is 9.80 Å². The first kappa shape index (κ1) is 9.01. The van der Waals surface area contributed by atoms with Crippen LogP contribution in [0, 0.1) is 0 Å². The van der Waals surface area contributed by atoms with E-state index >= 15 is 0 Å². The summed E-state index contributed by atoms with van der Waals surface area (Å²) in [5, 5.41) is 0. The molecule has 2 nitrogen and oxygen atoms in total. The van der Waals surface area contributed by atoms with Crippen molar-refractivity contribution in [3.05, 3.63) is 0 Å². The predicted octanol–water partition coefficient (Wildman–Crippen LogP) is 1.38. The second-order valence-corrected chi connectivity index (χ2v) is 3.32. The fourth-order valence-electron chi connectivity index (χ4n) is 1.53. The molecular weight excluding hydrogens is 136 g/mol. The molecule has 0 saturated carbocycles. The fraction of sp³-hybridized carbons (Fsp3) is 1.00. The average molecular weight is 156 g/mol. The lowest BCUT2D eigenvalue weighted by molar-refractivity contribution is 0.251. The summed E-state index contributed by atoms with van der Waals surface area (Å²) in [4.78, 5) is 5.04. The SMILES string of the molecule is CCCCN1CCN(CC)C1. The first-order valence-corrected chi connectivity index (χ1v) is 4.81. The molecule has 1 heterocycles. The van der Waals surface area contributed by atoms with Gasteiger partial charge in [0.25, 0.3) is 0 Å². The van der Waals surface area contributed by atoms with E-state index in [9.17, 15) is 0 Å². The van der Waals surface area contributed by atoms with Gasteiger partial charge in [0, 0.05) is 13.1 Å². The van der Waals surface area contributed by atoms with Gasteiger partial charge in [-0.2, -0.15) is 0 Å². The largest absolute Gasteiger partial charge is 0.289 e. The van der Waals surface area contributed by atoms with Crippen LogP contribution in [0.4, 0.5) is 0 Å². The summed E-state index contributed by atoms with van der Waals surface area (Å²) < 4.78 is 0. The van der Waals surface area contributed by atoms with E-state index in [1.54, 1.807) is 0 Å². The van der Waals surface area contributed by atoms with E-state index in [-0.39, 0.29) is 0 Å². The summed E-state index contributed by atoms with van der Waals surface area (Å²) in [6.07, 6.45) is 2.68. The number of hydrogen-bond donors (Lipinski definition) is 0. The quantitative estimate of drug-likeness (QED) is 0.607. The molecule has 11 heavy (non-hydrogen) atoms. The molecule has 1 aliphatic rings. The topological polar surface area (TPSA) is 6.48 Å². The van der Waals surface area contributed by atoms with Crippen molar-refractivity contribution in [3.63, 3.8) is 0 Å². The molecule has 0 aromatic carbocycles. The monoisotopic (exact) mass is 156 g/mol. The van der Waals surface area contributed by atoms with Gasteiger partial charge < -0.3 is 0 Å². The molecule has 1 saturated heterocycles. The van der Waals surface area contributed by atoms with Crippen LogP contribution in [0.2, 0.25) is 0 Å². The number of unbranched alkanes of at least 4 members (excludes halogenated alkanes) is 1. The van der Waals surface area contributed by atoms with Crippen LogP contribution in [0.25, 0.3) is 0 Å². The Hall–Kier alpha value is -0.0800. The van der Waals surface area contributed by atoms with Crippen LogP contribution in [0.15, 0.2) is 0 Å². The molecule has 0 unspecified atom stereocenters. The van der Waals surface area contributed by atoms with Crippen molar-refractivity contribution in [2.75, 3.05) is 32.8 Å². The highest BCUT2D eigenvalue weighted by Gasteiger charge is 2.16. The highest BCUT2D eigenvalue weighted by atomic mass is 15.4. The highest BCUT2D eigenvalue weighted by Crippen LogP contribution is 2.04. The van der Waals surface area contributed by atoms with Crippen molar-refractivity contribution < 1.29 is 0 Å². The normalized spacial score (nSPS) is 21.3. The van der Waals surface area contributed by atoms with E-state index in [4.69, 9.17) is 0 Å². The minimum atomic E-state index is 1.20. The molecule has 1 aliphatic heterocycles. The lowest BCUT2D eigenvalue weighted by Gasteiger charge is -2.15. The first-order valence-electron chi connectivity index (χ1n) is 4.81. The molecule has 1 rings (SSSR count). The van der Waals surface area contributed by atoms with Crippen molar-refractivity contribution in [2.24, 2.45) is 0 Å². The molecule has 0 amide bonds. The van der Waals surface area contributed by atoms with Gasteiger partial charge in [0.15, 0.2) is 0 Å². The number of rotatable bonds is 4. The molecule has 0 bridgehead atoms. The highest BCUT2D eigenvalue weighted by molar-refractivity contribution is 4.69. The molecule has 1 fully saturated rings. The van der Waals surface area contributed by atoms with Crippen LogP contribution in [0.5, 0.6) is 0 Å². The van der Waals surface area contributed by atoms with Crippen LogP contribution in [-0.2, 0) is 0 Å². The Morgan fingerprint density at radius 2 is 1.82 bits per heavy atom. The zero-order valence-electron chi connectivity index (χ0n) is 7.84. The zero-order valence-corrected chi connectivity index (χ0v) is 7.84. The molecular formula is C9H20N2. The fourth-order valence-corrected chi connectivity index (χ4v) is 1.53.